The molecule has 0 spiro atoms. The maximum absolute atomic E-state index is 12.6. The van der Waals surface area contributed by atoms with Crippen LogP contribution >= 0.6 is 0 Å². The average molecular weight is 278 g/mol. The molecule has 1 aromatic rings. The number of hydrogen-bond acceptors (Lipinski definition) is 5. The van der Waals surface area contributed by atoms with Crippen LogP contribution in [0.2, 0.25) is 0 Å². The molecule has 0 radical (unpaired) electrons. The minimum absolute atomic E-state index is 0.0586. The molecular weight excluding hydrogens is 260 g/mol. The monoisotopic (exact) mass is 278 g/mol. The number of aliphatic hydroxyl groups excluding tert-OH is 1. The van der Waals surface area contributed by atoms with Gasteiger partial charge in [-0.25, -0.2) is 4.79 Å². The molecule has 0 fully saturated rings. The number of ether oxygens (including phenoxy) is 1. The predicted octanol–water partition coefficient (Wildman–Crippen LogP) is 0.460. The molecule has 108 valence electrons. The van der Waals surface area contributed by atoms with Gasteiger partial charge in [-0.05, 0) is 19.1 Å². The van der Waals surface area contributed by atoms with Crippen molar-refractivity contribution in [2.75, 3.05) is 32.2 Å². The summed E-state index contributed by atoms with van der Waals surface area (Å²) in [6.45, 7) is 1.44. The molecule has 0 aromatic heterocycles. The number of esters is 1. The Labute approximate surface area is 117 Å². The van der Waals surface area contributed by atoms with Gasteiger partial charge < -0.3 is 19.6 Å². The minimum atomic E-state index is -1.27. The third kappa shape index (κ3) is 1.84. The number of carbonyl (C=O) groups is 2. The Morgan fingerprint density at radius 1 is 1.40 bits per heavy atom. The molecule has 6 heteroatoms. The lowest BCUT2D eigenvalue weighted by molar-refractivity contribution is -0.153. The van der Waals surface area contributed by atoms with Crippen molar-refractivity contribution in [2.45, 2.75) is 12.6 Å². The first-order valence-corrected chi connectivity index (χ1v) is 6.32. The van der Waals surface area contributed by atoms with E-state index >= 15 is 0 Å². The lowest BCUT2D eigenvalue weighted by atomic mass is 9.98. The van der Waals surface area contributed by atoms with Gasteiger partial charge in [0.15, 0.2) is 0 Å². The van der Waals surface area contributed by atoms with E-state index in [2.05, 4.69) is 0 Å². The van der Waals surface area contributed by atoms with E-state index in [1.807, 2.05) is 6.07 Å². The Bertz CT molecular complexity index is 546. The van der Waals surface area contributed by atoms with Crippen LogP contribution in [0.4, 0.5) is 5.69 Å². The zero-order valence-corrected chi connectivity index (χ0v) is 11.8. The summed E-state index contributed by atoms with van der Waals surface area (Å²) in [4.78, 5) is 27.8. The van der Waals surface area contributed by atoms with Crippen molar-refractivity contribution >= 4 is 17.6 Å². The molecule has 20 heavy (non-hydrogen) atoms. The van der Waals surface area contributed by atoms with Gasteiger partial charge in [0, 0.05) is 13.6 Å². The van der Waals surface area contributed by atoms with Gasteiger partial charge in [0.25, 0.3) is 5.91 Å². The van der Waals surface area contributed by atoms with Crippen molar-refractivity contribution in [3.05, 3.63) is 29.8 Å². The van der Waals surface area contributed by atoms with Crippen LogP contribution in [-0.4, -0.2) is 54.9 Å². The lowest BCUT2D eigenvalue weighted by Crippen LogP contribution is -2.68. The Morgan fingerprint density at radius 3 is 2.65 bits per heavy atom. The molecule has 1 heterocycles. The van der Waals surface area contributed by atoms with Gasteiger partial charge in [-0.2, -0.15) is 0 Å². The SMILES string of the molecule is COC(=O)C1(C)N(CCO)C(=O)c2ccccc2N1C. The molecule has 6 nitrogen and oxygen atoms in total. The molecule has 2 rings (SSSR count). The second-order valence-corrected chi connectivity index (χ2v) is 4.77. The van der Waals surface area contributed by atoms with Gasteiger partial charge in [0.1, 0.15) is 0 Å². The second kappa shape index (κ2) is 5.13. The zero-order chi connectivity index (χ0) is 14.9. The van der Waals surface area contributed by atoms with Crippen LogP contribution in [0.3, 0.4) is 0 Å². The van der Waals surface area contributed by atoms with E-state index in [-0.39, 0.29) is 19.1 Å². The van der Waals surface area contributed by atoms with Crippen LogP contribution in [0, 0.1) is 0 Å². The van der Waals surface area contributed by atoms with Gasteiger partial charge in [0.05, 0.1) is 25.0 Å². The van der Waals surface area contributed by atoms with Gasteiger partial charge in [-0.3, -0.25) is 4.79 Å². The van der Waals surface area contributed by atoms with Crippen LogP contribution in [0.1, 0.15) is 17.3 Å². The number of amides is 1. The standard InChI is InChI=1S/C14H18N2O4/c1-14(13(19)20-3)15(2)11-7-5-4-6-10(11)12(18)16(14)8-9-17/h4-7,17H,8-9H2,1-3H3. The third-order valence-electron chi connectivity index (χ3n) is 3.82. The van der Waals surface area contributed by atoms with Gasteiger partial charge >= 0.3 is 5.97 Å². The summed E-state index contributed by atoms with van der Waals surface area (Å²) >= 11 is 0. The van der Waals surface area contributed by atoms with Gasteiger partial charge in [-0.1, -0.05) is 12.1 Å². The number of carbonyl (C=O) groups excluding carboxylic acids is 2. The topological polar surface area (TPSA) is 70.1 Å². The van der Waals surface area contributed by atoms with Crippen LogP contribution in [0.25, 0.3) is 0 Å². The number of nitrogens with zero attached hydrogens (tertiary/aromatic N) is 2. The number of benzene rings is 1. The number of anilines is 1. The fourth-order valence-electron chi connectivity index (χ4n) is 2.57. The highest BCUT2D eigenvalue weighted by molar-refractivity contribution is 6.06. The maximum Gasteiger partial charge on any atom is 0.352 e. The van der Waals surface area contributed by atoms with Crippen LogP contribution in [-0.2, 0) is 9.53 Å². The van der Waals surface area contributed by atoms with Crippen molar-refractivity contribution in [3.63, 3.8) is 0 Å². The molecule has 1 unspecified atom stereocenters. The summed E-state index contributed by atoms with van der Waals surface area (Å²) in [5.41, 5.74) is -0.104. The summed E-state index contributed by atoms with van der Waals surface area (Å²) in [7, 11) is 3.01. The first-order valence-electron chi connectivity index (χ1n) is 6.32. The Hall–Kier alpha value is -2.08. The van der Waals surface area contributed by atoms with E-state index in [4.69, 9.17) is 4.74 Å². The highest BCUT2D eigenvalue weighted by Crippen LogP contribution is 2.36. The highest BCUT2D eigenvalue weighted by atomic mass is 16.5. The van der Waals surface area contributed by atoms with Crippen molar-refractivity contribution in [1.82, 2.24) is 4.90 Å². The van der Waals surface area contributed by atoms with Crippen molar-refractivity contribution in [3.8, 4) is 0 Å². The predicted molar refractivity (Wildman–Crippen MR) is 73.4 cm³/mol. The molecule has 0 saturated carbocycles. The number of para-hydroxylation sites is 1. The largest absolute Gasteiger partial charge is 0.466 e. The Morgan fingerprint density at radius 2 is 2.05 bits per heavy atom. The first-order chi connectivity index (χ1) is 9.48. The molecule has 0 bridgehead atoms. The number of hydrogen-bond donors (Lipinski definition) is 1. The molecule has 1 atom stereocenters. The van der Waals surface area contributed by atoms with Crippen LogP contribution in [0.5, 0.6) is 0 Å². The molecule has 0 saturated heterocycles. The maximum atomic E-state index is 12.6. The lowest BCUT2D eigenvalue weighted by Gasteiger charge is -2.49. The number of aliphatic hydroxyl groups is 1. The highest BCUT2D eigenvalue weighted by Gasteiger charge is 2.51. The molecule has 1 N–H and O–H groups in total. The number of methoxy groups -OCH3 is 1. The average Bonchev–Trinajstić information content (AvgIpc) is 2.48. The van der Waals surface area contributed by atoms with Crippen LogP contribution < -0.4 is 4.90 Å². The number of fused-ring (bicyclic) bond motifs is 1. The number of β-amino-alcohol motifs (C(OH)–C–C–N with tert-alkyl or cyclic N) is 1. The smallest absolute Gasteiger partial charge is 0.352 e. The van der Waals surface area contributed by atoms with Crippen molar-refractivity contribution < 1.29 is 19.4 Å². The first kappa shape index (κ1) is 14.3. The normalized spacial score (nSPS) is 21.7. The quantitative estimate of drug-likeness (QED) is 0.813. The van der Waals surface area contributed by atoms with Crippen molar-refractivity contribution in [1.29, 1.82) is 0 Å². The molecule has 1 aromatic carbocycles. The van der Waals surface area contributed by atoms with E-state index < -0.39 is 11.6 Å². The molecular formula is C14H18N2O4. The van der Waals surface area contributed by atoms with Gasteiger partial charge in [0.2, 0.25) is 5.66 Å². The zero-order valence-electron chi connectivity index (χ0n) is 11.8. The fraction of sp³-hybridized carbons (Fsp3) is 0.429. The molecule has 1 aliphatic rings. The molecule has 0 aliphatic carbocycles. The van der Waals surface area contributed by atoms with E-state index in [1.165, 1.54) is 12.0 Å². The van der Waals surface area contributed by atoms with E-state index in [0.717, 1.165) is 0 Å². The molecule has 1 aliphatic heterocycles. The summed E-state index contributed by atoms with van der Waals surface area (Å²) < 4.78 is 4.85. The van der Waals surface area contributed by atoms with E-state index in [1.54, 1.807) is 37.1 Å². The summed E-state index contributed by atoms with van der Waals surface area (Å²) in [5, 5.41) is 9.19. The second-order valence-electron chi connectivity index (χ2n) is 4.77. The third-order valence-corrected chi connectivity index (χ3v) is 3.82. The fourth-order valence-corrected chi connectivity index (χ4v) is 2.57. The number of rotatable bonds is 3. The van der Waals surface area contributed by atoms with Crippen molar-refractivity contribution in [2.24, 2.45) is 0 Å². The van der Waals surface area contributed by atoms with Gasteiger partial charge in [-0.15, -0.1) is 0 Å². The number of likely N-dealkylation sites (N-methyl/N-ethyl adjacent to an activating group) is 1. The van der Waals surface area contributed by atoms with E-state index in [9.17, 15) is 14.7 Å². The molecule has 1 amide bonds. The van der Waals surface area contributed by atoms with Crippen LogP contribution in [0.15, 0.2) is 24.3 Å². The summed E-state index contributed by atoms with van der Waals surface area (Å²) in [6, 6.07) is 7.06. The Balaban J connectivity index is 2.61. The summed E-state index contributed by atoms with van der Waals surface area (Å²) in [5.74, 6) is -0.836. The summed E-state index contributed by atoms with van der Waals surface area (Å²) in [6.07, 6.45) is 0. The van der Waals surface area contributed by atoms with E-state index in [0.29, 0.717) is 11.3 Å². The minimum Gasteiger partial charge on any atom is -0.466 e. The Kier molecular flexibility index (Phi) is 3.67.